The lowest BCUT2D eigenvalue weighted by atomic mass is 9.78. The number of likely N-dealkylation sites (N-methyl/N-ethyl adjacent to an activating group) is 1. The fourth-order valence-corrected chi connectivity index (χ4v) is 2.25. The van der Waals surface area contributed by atoms with Crippen LogP contribution in [0.25, 0.3) is 0 Å². The molecule has 20 heavy (non-hydrogen) atoms. The van der Waals surface area contributed by atoms with Gasteiger partial charge in [0, 0.05) is 24.7 Å². The van der Waals surface area contributed by atoms with Crippen molar-refractivity contribution in [3.05, 3.63) is 18.0 Å². The highest BCUT2D eigenvalue weighted by atomic mass is 15.3. The van der Waals surface area contributed by atoms with Gasteiger partial charge in [-0.3, -0.25) is 4.68 Å². The van der Waals surface area contributed by atoms with E-state index in [2.05, 4.69) is 70.9 Å². The molecule has 1 aromatic heterocycles. The molecule has 0 fully saturated rings. The van der Waals surface area contributed by atoms with Crippen molar-refractivity contribution >= 4 is 0 Å². The van der Waals surface area contributed by atoms with Crippen molar-refractivity contribution < 1.29 is 0 Å². The van der Waals surface area contributed by atoms with E-state index in [4.69, 9.17) is 5.10 Å². The second-order valence-corrected chi connectivity index (χ2v) is 7.24. The quantitative estimate of drug-likeness (QED) is 0.816. The Kier molecular flexibility index (Phi) is 6.25. The van der Waals surface area contributed by atoms with E-state index in [9.17, 15) is 0 Å². The van der Waals surface area contributed by atoms with E-state index >= 15 is 0 Å². The summed E-state index contributed by atoms with van der Waals surface area (Å²) in [6, 6.07) is 3.16. The molecule has 3 nitrogen and oxygen atoms in total. The van der Waals surface area contributed by atoms with Crippen molar-refractivity contribution in [2.75, 3.05) is 7.05 Å². The Morgan fingerprint density at radius 3 is 2.45 bits per heavy atom. The number of rotatable bonds is 7. The molecule has 3 unspecified atom stereocenters. The van der Waals surface area contributed by atoms with Crippen molar-refractivity contribution in [3.8, 4) is 0 Å². The molecular weight excluding hydrogens is 246 g/mol. The Labute approximate surface area is 125 Å². The maximum Gasteiger partial charge on any atom is 0.0640 e. The third-order valence-corrected chi connectivity index (χ3v) is 4.69. The van der Waals surface area contributed by atoms with Crippen LogP contribution in [0, 0.1) is 11.3 Å². The predicted molar refractivity (Wildman–Crippen MR) is 87.0 cm³/mol. The molecule has 0 aromatic carbocycles. The summed E-state index contributed by atoms with van der Waals surface area (Å²) in [5.74, 6) is 0.691. The molecule has 1 N–H and O–H groups in total. The number of nitrogens with zero attached hydrogens (tertiary/aromatic N) is 2. The SMILES string of the molecule is CCC(C)n1ccc(CC(CC(C)C(C)(C)C)NC)n1. The van der Waals surface area contributed by atoms with E-state index in [1.165, 1.54) is 12.1 Å². The number of aromatic nitrogens is 2. The fraction of sp³-hybridized carbons (Fsp3) is 0.824. The van der Waals surface area contributed by atoms with Crippen molar-refractivity contribution in [2.24, 2.45) is 11.3 Å². The van der Waals surface area contributed by atoms with Crippen molar-refractivity contribution in [1.82, 2.24) is 15.1 Å². The Balaban J connectivity index is 2.62. The van der Waals surface area contributed by atoms with E-state index in [0.717, 1.165) is 12.8 Å². The molecule has 0 aliphatic heterocycles. The van der Waals surface area contributed by atoms with Crippen molar-refractivity contribution in [3.63, 3.8) is 0 Å². The minimum atomic E-state index is 0.366. The molecule has 3 atom stereocenters. The van der Waals surface area contributed by atoms with Gasteiger partial charge < -0.3 is 5.32 Å². The van der Waals surface area contributed by atoms with Gasteiger partial charge in [-0.1, -0.05) is 34.6 Å². The summed E-state index contributed by atoms with van der Waals surface area (Å²) in [4.78, 5) is 0. The lowest BCUT2D eigenvalue weighted by Gasteiger charge is -2.30. The highest BCUT2D eigenvalue weighted by molar-refractivity contribution is 5.02. The summed E-state index contributed by atoms with van der Waals surface area (Å²) in [5, 5.41) is 8.17. The van der Waals surface area contributed by atoms with Gasteiger partial charge in [-0.05, 0) is 44.2 Å². The van der Waals surface area contributed by atoms with Gasteiger partial charge in [0.2, 0.25) is 0 Å². The maximum atomic E-state index is 4.71. The molecule has 0 saturated carbocycles. The van der Waals surface area contributed by atoms with Crippen LogP contribution in [0.4, 0.5) is 0 Å². The zero-order valence-electron chi connectivity index (χ0n) is 14.4. The molecule has 0 aliphatic carbocycles. The van der Waals surface area contributed by atoms with Crippen LogP contribution in [0.15, 0.2) is 12.3 Å². The van der Waals surface area contributed by atoms with Gasteiger partial charge in [-0.25, -0.2) is 0 Å². The van der Waals surface area contributed by atoms with Gasteiger partial charge in [0.05, 0.1) is 5.69 Å². The molecule has 1 heterocycles. The highest BCUT2D eigenvalue weighted by Gasteiger charge is 2.23. The van der Waals surface area contributed by atoms with E-state index in [1.807, 2.05) is 0 Å². The second-order valence-electron chi connectivity index (χ2n) is 7.24. The van der Waals surface area contributed by atoms with Crippen LogP contribution >= 0.6 is 0 Å². The first-order valence-electron chi connectivity index (χ1n) is 7.99. The largest absolute Gasteiger partial charge is 0.317 e. The number of hydrogen-bond donors (Lipinski definition) is 1. The number of hydrogen-bond acceptors (Lipinski definition) is 2. The third-order valence-electron chi connectivity index (χ3n) is 4.69. The average molecular weight is 279 g/mol. The first kappa shape index (κ1) is 17.2. The molecule has 1 rings (SSSR count). The highest BCUT2D eigenvalue weighted by Crippen LogP contribution is 2.29. The predicted octanol–water partition coefficient (Wildman–Crippen LogP) is 4.06. The van der Waals surface area contributed by atoms with Gasteiger partial charge >= 0.3 is 0 Å². The molecule has 1 aromatic rings. The number of nitrogens with one attached hydrogen (secondary N) is 1. The molecule has 0 amide bonds. The summed E-state index contributed by atoms with van der Waals surface area (Å²) >= 11 is 0. The van der Waals surface area contributed by atoms with Gasteiger partial charge in [-0.2, -0.15) is 5.10 Å². The standard InChI is InChI=1S/C17H33N3/c1-8-14(3)20-10-9-15(19-20)12-16(18-7)11-13(2)17(4,5)6/h9-10,13-14,16,18H,8,11-12H2,1-7H3. The van der Waals surface area contributed by atoms with Crippen LogP contribution in [0.5, 0.6) is 0 Å². The van der Waals surface area contributed by atoms with Gasteiger partial charge in [0.25, 0.3) is 0 Å². The maximum absolute atomic E-state index is 4.71. The summed E-state index contributed by atoms with van der Waals surface area (Å²) in [7, 11) is 2.06. The third kappa shape index (κ3) is 4.93. The molecule has 116 valence electrons. The molecule has 0 spiro atoms. The second kappa shape index (κ2) is 7.26. The Morgan fingerprint density at radius 1 is 1.30 bits per heavy atom. The van der Waals surface area contributed by atoms with E-state index in [-0.39, 0.29) is 0 Å². The lowest BCUT2D eigenvalue weighted by Crippen LogP contribution is -2.33. The zero-order chi connectivity index (χ0) is 15.3. The van der Waals surface area contributed by atoms with Crippen LogP contribution in [0.1, 0.15) is 66.1 Å². The first-order valence-corrected chi connectivity index (χ1v) is 7.99. The van der Waals surface area contributed by atoms with Crippen molar-refractivity contribution in [2.45, 2.75) is 72.9 Å². The van der Waals surface area contributed by atoms with Crippen LogP contribution < -0.4 is 5.32 Å². The van der Waals surface area contributed by atoms with Crippen molar-refractivity contribution in [1.29, 1.82) is 0 Å². The van der Waals surface area contributed by atoms with Crippen LogP contribution in [0.2, 0.25) is 0 Å². The minimum absolute atomic E-state index is 0.366. The van der Waals surface area contributed by atoms with E-state index in [0.29, 0.717) is 23.4 Å². The van der Waals surface area contributed by atoms with Crippen LogP contribution in [0.3, 0.4) is 0 Å². The Bertz CT molecular complexity index is 389. The fourth-order valence-electron chi connectivity index (χ4n) is 2.25. The zero-order valence-corrected chi connectivity index (χ0v) is 14.4. The normalized spacial score (nSPS) is 16.9. The Morgan fingerprint density at radius 2 is 1.95 bits per heavy atom. The molecule has 0 radical (unpaired) electrons. The summed E-state index contributed by atoms with van der Waals surface area (Å²) in [6.07, 6.45) is 5.44. The summed E-state index contributed by atoms with van der Waals surface area (Å²) in [5.41, 5.74) is 1.57. The van der Waals surface area contributed by atoms with E-state index in [1.54, 1.807) is 0 Å². The average Bonchev–Trinajstić information content (AvgIpc) is 2.84. The van der Waals surface area contributed by atoms with E-state index < -0.39 is 0 Å². The first-order chi connectivity index (χ1) is 9.27. The summed E-state index contributed by atoms with van der Waals surface area (Å²) < 4.78 is 2.09. The van der Waals surface area contributed by atoms with Gasteiger partial charge in [-0.15, -0.1) is 0 Å². The molecular formula is C17H33N3. The molecule has 0 saturated heterocycles. The topological polar surface area (TPSA) is 29.9 Å². The molecule has 0 aliphatic rings. The monoisotopic (exact) mass is 279 g/mol. The molecule has 0 bridgehead atoms. The van der Waals surface area contributed by atoms with Gasteiger partial charge in [0.1, 0.15) is 0 Å². The Hall–Kier alpha value is -0.830. The van der Waals surface area contributed by atoms with Crippen LogP contribution in [-0.4, -0.2) is 22.9 Å². The summed E-state index contributed by atoms with van der Waals surface area (Å²) in [6.45, 7) is 13.7. The smallest absolute Gasteiger partial charge is 0.0640 e. The van der Waals surface area contributed by atoms with Crippen LogP contribution in [-0.2, 0) is 6.42 Å². The lowest BCUT2D eigenvalue weighted by molar-refractivity contribution is 0.224. The minimum Gasteiger partial charge on any atom is -0.317 e. The molecule has 3 heteroatoms. The van der Waals surface area contributed by atoms with Gasteiger partial charge in [0.15, 0.2) is 0 Å².